The molecule has 0 bridgehead atoms. The zero-order valence-corrected chi connectivity index (χ0v) is 9.18. The smallest absolute Gasteiger partial charge is 0.371 e. The highest BCUT2D eigenvalue weighted by Crippen LogP contribution is 2.21. The molecule has 1 N–H and O–H groups in total. The predicted molar refractivity (Wildman–Crippen MR) is 63.0 cm³/mol. The van der Waals surface area contributed by atoms with Gasteiger partial charge in [0.15, 0.2) is 0 Å². The first-order chi connectivity index (χ1) is 8.20. The molecule has 88 valence electrons. The highest BCUT2D eigenvalue weighted by Gasteiger charge is 2.10. The summed E-state index contributed by atoms with van der Waals surface area (Å²) in [6.07, 6.45) is 1.68. The average molecular weight is 232 g/mol. The van der Waals surface area contributed by atoms with Crippen LogP contribution in [0.2, 0.25) is 0 Å². The quantitative estimate of drug-likeness (QED) is 0.636. The Morgan fingerprint density at radius 1 is 1.47 bits per heavy atom. The highest BCUT2D eigenvalue weighted by molar-refractivity contribution is 5.91. The topological polar surface area (TPSA) is 59.7 Å². The van der Waals surface area contributed by atoms with E-state index in [-0.39, 0.29) is 5.76 Å². The first-order valence-electron chi connectivity index (χ1n) is 5.15. The minimum Gasteiger partial charge on any atom is -0.475 e. The van der Waals surface area contributed by atoms with Crippen molar-refractivity contribution in [2.75, 3.05) is 6.61 Å². The van der Waals surface area contributed by atoms with E-state index in [9.17, 15) is 4.79 Å². The van der Waals surface area contributed by atoms with Gasteiger partial charge in [-0.3, -0.25) is 0 Å². The zero-order valence-electron chi connectivity index (χ0n) is 9.18. The van der Waals surface area contributed by atoms with Crippen LogP contribution in [-0.2, 0) is 11.3 Å². The normalized spacial score (nSPS) is 10.6. The average Bonchev–Trinajstić information content (AvgIpc) is 2.72. The van der Waals surface area contributed by atoms with Crippen LogP contribution in [0.15, 0.2) is 41.3 Å². The summed E-state index contributed by atoms with van der Waals surface area (Å²) in [4.78, 5) is 10.7. The van der Waals surface area contributed by atoms with Crippen LogP contribution in [0, 0.1) is 0 Å². The fraction of sp³-hybridized carbons (Fsp3) is 0.154. The van der Waals surface area contributed by atoms with Gasteiger partial charge in [-0.25, -0.2) is 4.79 Å². The van der Waals surface area contributed by atoms with Crippen molar-refractivity contribution in [2.45, 2.75) is 6.61 Å². The van der Waals surface area contributed by atoms with Crippen LogP contribution in [0.3, 0.4) is 0 Å². The number of carboxylic acid groups (broad SMARTS) is 1. The molecule has 17 heavy (non-hydrogen) atoms. The molecule has 0 aliphatic heterocycles. The number of hydrogen-bond acceptors (Lipinski definition) is 3. The standard InChI is InChI=1S/C13H12O4/c1-2-5-16-8-9-3-4-11-10(6-9)7-12(17-11)13(14)15/h2-4,6-7H,1,5,8H2,(H,14,15). The molecule has 4 nitrogen and oxygen atoms in total. The summed E-state index contributed by atoms with van der Waals surface area (Å²) in [6.45, 7) is 4.52. The number of ether oxygens (including phenoxy) is 1. The second-order valence-corrected chi connectivity index (χ2v) is 3.59. The first kappa shape index (κ1) is 11.4. The Morgan fingerprint density at radius 3 is 3.00 bits per heavy atom. The van der Waals surface area contributed by atoms with E-state index in [0.717, 1.165) is 10.9 Å². The molecule has 0 radical (unpaired) electrons. The van der Waals surface area contributed by atoms with Crippen molar-refractivity contribution in [3.8, 4) is 0 Å². The lowest BCUT2D eigenvalue weighted by Gasteiger charge is -2.00. The number of hydrogen-bond donors (Lipinski definition) is 1. The summed E-state index contributed by atoms with van der Waals surface area (Å²) in [6, 6.07) is 6.96. The monoisotopic (exact) mass is 232 g/mol. The molecular weight excluding hydrogens is 220 g/mol. The maximum absolute atomic E-state index is 10.7. The van der Waals surface area contributed by atoms with Gasteiger partial charge in [-0.15, -0.1) is 6.58 Å². The molecule has 0 fully saturated rings. The minimum atomic E-state index is -1.06. The molecule has 0 saturated carbocycles. The van der Waals surface area contributed by atoms with E-state index in [0.29, 0.717) is 18.8 Å². The lowest BCUT2D eigenvalue weighted by Crippen LogP contribution is -1.91. The van der Waals surface area contributed by atoms with Gasteiger partial charge in [0.2, 0.25) is 5.76 Å². The molecule has 0 atom stereocenters. The zero-order chi connectivity index (χ0) is 12.3. The van der Waals surface area contributed by atoms with E-state index in [2.05, 4.69) is 6.58 Å². The van der Waals surface area contributed by atoms with Crippen LogP contribution in [-0.4, -0.2) is 17.7 Å². The summed E-state index contributed by atoms with van der Waals surface area (Å²) in [5.41, 5.74) is 1.53. The van der Waals surface area contributed by atoms with Gasteiger partial charge >= 0.3 is 5.97 Å². The van der Waals surface area contributed by atoms with Crippen LogP contribution in [0.5, 0.6) is 0 Å². The molecule has 1 heterocycles. The third kappa shape index (κ3) is 2.54. The van der Waals surface area contributed by atoms with Gasteiger partial charge < -0.3 is 14.3 Å². The summed E-state index contributed by atoms with van der Waals surface area (Å²) in [5, 5.41) is 9.56. The van der Waals surface area contributed by atoms with Gasteiger partial charge in [0.1, 0.15) is 5.58 Å². The number of fused-ring (bicyclic) bond motifs is 1. The molecule has 1 aromatic heterocycles. The number of carboxylic acids is 1. The lowest BCUT2D eigenvalue weighted by molar-refractivity contribution is 0.0665. The molecule has 0 unspecified atom stereocenters. The molecule has 0 aliphatic carbocycles. The molecule has 0 spiro atoms. The van der Waals surface area contributed by atoms with E-state index in [1.807, 2.05) is 12.1 Å². The largest absolute Gasteiger partial charge is 0.475 e. The summed E-state index contributed by atoms with van der Waals surface area (Å²) in [5.74, 6) is -1.12. The Labute approximate surface area is 98.1 Å². The fourth-order valence-electron chi connectivity index (χ4n) is 1.55. The molecule has 2 aromatic rings. The van der Waals surface area contributed by atoms with Crippen molar-refractivity contribution in [2.24, 2.45) is 0 Å². The van der Waals surface area contributed by atoms with Crippen molar-refractivity contribution in [1.29, 1.82) is 0 Å². The van der Waals surface area contributed by atoms with Gasteiger partial charge in [0, 0.05) is 5.39 Å². The maximum Gasteiger partial charge on any atom is 0.371 e. The van der Waals surface area contributed by atoms with Crippen LogP contribution in [0.4, 0.5) is 0 Å². The van der Waals surface area contributed by atoms with Crippen LogP contribution < -0.4 is 0 Å². The van der Waals surface area contributed by atoms with Crippen LogP contribution >= 0.6 is 0 Å². The minimum absolute atomic E-state index is 0.0517. The van der Waals surface area contributed by atoms with Crippen LogP contribution in [0.1, 0.15) is 16.1 Å². The van der Waals surface area contributed by atoms with E-state index >= 15 is 0 Å². The molecule has 2 rings (SSSR count). The number of carbonyl (C=O) groups is 1. The summed E-state index contributed by atoms with van der Waals surface area (Å²) >= 11 is 0. The molecule has 0 amide bonds. The van der Waals surface area contributed by atoms with Crippen LogP contribution in [0.25, 0.3) is 11.0 Å². The van der Waals surface area contributed by atoms with Gasteiger partial charge in [-0.2, -0.15) is 0 Å². The number of benzene rings is 1. The highest BCUT2D eigenvalue weighted by atomic mass is 16.5. The second kappa shape index (κ2) is 4.84. The number of rotatable bonds is 5. The molecule has 0 saturated heterocycles. The van der Waals surface area contributed by atoms with E-state index in [1.54, 1.807) is 12.1 Å². The fourth-order valence-corrected chi connectivity index (χ4v) is 1.55. The Hall–Kier alpha value is -2.07. The van der Waals surface area contributed by atoms with E-state index in [1.165, 1.54) is 6.07 Å². The predicted octanol–water partition coefficient (Wildman–Crippen LogP) is 2.83. The number of aromatic carboxylic acids is 1. The van der Waals surface area contributed by atoms with Crippen molar-refractivity contribution in [3.05, 3.63) is 48.2 Å². The second-order valence-electron chi connectivity index (χ2n) is 3.59. The van der Waals surface area contributed by atoms with Gasteiger partial charge in [-0.05, 0) is 23.8 Å². The Kier molecular flexibility index (Phi) is 3.25. The molecule has 0 aliphatic rings. The van der Waals surface area contributed by atoms with Gasteiger partial charge in [0.05, 0.1) is 13.2 Å². The van der Waals surface area contributed by atoms with Crippen molar-refractivity contribution in [3.63, 3.8) is 0 Å². The lowest BCUT2D eigenvalue weighted by atomic mass is 10.2. The Bertz CT molecular complexity index is 554. The molecular formula is C13H12O4. The van der Waals surface area contributed by atoms with E-state index < -0.39 is 5.97 Å². The van der Waals surface area contributed by atoms with E-state index in [4.69, 9.17) is 14.3 Å². The Balaban J connectivity index is 2.24. The molecule has 1 aromatic carbocycles. The molecule has 4 heteroatoms. The van der Waals surface area contributed by atoms with Crippen molar-refractivity contribution >= 4 is 16.9 Å². The van der Waals surface area contributed by atoms with Crippen molar-refractivity contribution < 1.29 is 19.1 Å². The number of furan rings is 1. The third-order valence-electron chi connectivity index (χ3n) is 2.30. The van der Waals surface area contributed by atoms with Gasteiger partial charge in [-0.1, -0.05) is 12.1 Å². The maximum atomic E-state index is 10.7. The third-order valence-corrected chi connectivity index (χ3v) is 2.30. The van der Waals surface area contributed by atoms with Crippen molar-refractivity contribution in [1.82, 2.24) is 0 Å². The first-order valence-corrected chi connectivity index (χ1v) is 5.15. The van der Waals surface area contributed by atoms with Gasteiger partial charge in [0.25, 0.3) is 0 Å². The summed E-state index contributed by atoms with van der Waals surface area (Å²) in [7, 11) is 0. The summed E-state index contributed by atoms with van der Waals surface area (Å²) < 4.78 is 10.5. The SMILES string of the molecule is C=CCOCc1ccc2oc(C(=O)O)cc2c1. The Morgan fingerprint density at radius 2 is 2.29 bits per heavy atom.